The molecule has 0 amide bonds. The molecule has 0 radical (unpaired) electrons. The van der Waals surface area contributed by atoms with Gasteiger partial charge in [-0.1, -0.05) is 23.7 Å². The molecule has 0 bridgehead atoms. The number of carbonyl (C=O) groups is 1. The zero-order chi connectivity index (χ0) is 21.1. The zero-order valence-electron chi connectivity index (χ0n) is 16.4. The van der Waals surface area contributed by atoms with E-state index in [1.54, 1.807) is 28.4 Å². The second kappa shape index (κ2) is 9.16. The van der Waals surface area contributed by atoms with Crippen LogP contribution in [0, 0.1) is 0 Å². The molecule has 6 nitrogen and oxygen atoms in total. The lowest BCUT2D eigenvalue weighted by Gasteiger charge is -2.13. The van der Waals surface area contributed by atoms with Crippen LogP contribution >= 0.6 is 35.2 Å². The maximum atomic E-state index is 12.4. The average molecular weight is 461 g/mol. The Labute approximate surface area is 189 Å². The fraction of sp³-hybridized carbons (Fsp3) is 0.286. The van der Waals surface area contributed by atoms with Crippen molar-refractivity contribution in [3.8, 4) is 0 Å². The number of nitrogens with one attached hydrogen (secondary N) is 2. The van der Waals surface area contributed by atoms with E-state index in [-0.39, 0.29) is 5.97 Å². The van der Waals surface area contributed by atoms with Crippen LogP contribution in [-0.4, -0.2) is 28.0 Å². The third kappa shape index (κ3) is 4.66. The minimum atomic E-state index is -0.320. The van der Waals surface area contributed by atoms with Crippen LogP contribution in [-0.2, 0) is 24.1 Å². The van der Waals surface area contributed by atoms with E-state index in [1.165, 1.54) is 12.0 Å². The lowest BCUT2D eigenvalue weighted by atomic mass is 9.95. The molecular weight excluding hydrogens is 440 g/mol. The number of rotatable bonds is 5. The van der Waals surface area contributed by atoms with Crippen molar-refractivity contribution in [2.24, 2.45) is 0 Å². The van der Waals surface area contributed by atoms with Crippen LogP contribution in [0.3, 0.4) is 0 Å². The molecule has 0 atom stereocenters. The molecule has 1 aliphatic carbocycles. The number of carbonyl (C=O) groups excluding carboxylic acids is 1. The predicted octanol–water partition coefficient (Wildman–Crippen LogP) is 5.12. The largest absolute Gasteiger partial charge is 0.465 e. The predicted molar refractivity (Wildman–Crippen MR) is 125 cm³/mol. The summed E-state index contributed by atoms with van der Waals surface area (Å²) < 4.78 is 6.80. The molecule has 0 unspecified atom stereocenters. The quantitative estimate of drug-likeness (QED) is 0.407. The summed E-state index contributed by atoms with van der Waals surface area (Å²) in [5, 5.41) is 12.4. The molecule has 4 rings (SSSR count). The maximum Gasteiger partial charge on any atom is 0.341 e. The van der Waals surface area contributed by atoms with Gasteiger partial charge in [-0.2, -0.15) is 5.10 Å². The number of methoxy groups -OCH3 is 1. The number of hydrogen-bond donors (Lipinski definition) is 2. The molecule has 30 heavy (non-hydrogen) atoms. The number of benzene rings is 1. The minimum Gasteiger partial charge on any atom is -0.465 e. The van der Waals surface area contributed by atoms with E-state index in [1.807, 2.05) is 24.3 Å². The topological polar surface area (TPSA) is 68.2 Å². The van der Waals surface area contributed by atoms with E-state index in [0.717, 1.165) is 47.5 Å². The van der Waals surface area contributed by atoms with E-state index < -0.39 is 0 Å². The van der Waals surface area contributed by atoms with Gasteiger partial charge in [0.05, 0.1) is 30.4 Å². The summed E-state index contributed by atoms with van der Waals surface area (Å²) >= 11 is 13.0. The Hall–Kier alpha value is -2.42. The van der Waals surface area contributed by atoms with E-state index in [0.29, 0.717) is 22.2 Å². The number of esters is 1. The van der Waals surface area contributed by atoms with E-state index in [4.69, 9.17) is 28.6 Å². The van der Waals surface area contributed by atoms with Crippen molar-refractivity contribution < 1.29 is 9.53 Å². The van der Waals surface area contributed by atoms with E-state index >= 15 is 0 Å². The highest BCUT2D eigenvalue weighted by Gasteiger charge is 2.26. The van der Waals surface area contributed by atoms with Crippen molar-refractivity contribution in [3.63, 3.8) is 0 Å². The second-order valence-electron chi connectivity index (χ2n) is 7.04. The van der Waals surface area contributed by atoms with Gasteiger partial charge in [0.25, 0.3) is 0 Å². The lowest BCUT2D eigenvalue weighted by molar-refractivity contribution is 0.0601. The first-order valence-corrected chi connectivity index (χ1v) is 11.2. The lowest BCUT2D eigenvalue weighted by Crippen LogP contribution is -2.20. The smallest absolute Gasteiger partial charge is 0.341 e. The molecule has 156 valence electrons. The van der Waals surface area contributed by atoms with Gasteiger partial charge in [-0.3, -0.25) is 4.68 Å². The van der Waals surface area contributed by atoms with Crippen LogP contribution in [0.25, 0.3) is 0 Å². The number of aromatic nitrogens is 2. The zero-order valence-corrected chi connectivity index (χ0v) is 18.8. The van der Waals surface area contributed by atoms with Crippen molar-refractivity contribution in [1.29, 1.82) is 0 Å². The Bertz CT molecular complexity index is 1090. The van der Waals surface area contributed by atoms with Gasteiger partial charge in [0.2, 0.25) is 0 Å². The van der Waals surface area contributed by atoms with Gasteiger partial charge in [-0.05, 0) is 61.2 Å². The van der Waals surface area contributed by atoms with Crippen LogP contribution in [0.15, 0.2) is 36.7 Å². The minimum absolute atomic E-state index is 0.320. The number of fused-ring (bicyclic) bond motifs is 1. The number of hydrogen-bond acceptors (Lipinski definition) is 5. The highest BCUT2D eigenvalue weighted by Crippen LogP contribution is 2.38. The van der Waals surface area contributed by atoms with Gasteiger partial charge in [-0.25, -0.2) is 4.79 Å². The summed E-state index contributed by atoms with van der Waals surface area (Å²) in [6.07, 6.45) is 7.51. The van der Waals surface area contributed by atoms with Crippen molar-refractivity contribution in [2.45, 2.75) is 32.2 Å². The number of nitrogens with zero attached hydrogens (tertiary/aromatic N) is 2. The van der Waals surface area contributed by atoms with Gasteiger partial charge in [0.1, 0.15) is 5.00 Å². The summed E-state index contributed by atoms with van der Waals surface area (Å²) in [7, 11) is 1.41. The highest BCUT2D eigenvalue weighted by molar-refractivity contribution is 7.80. The Morgan fingerprint density at radius 1 is 1.33 bits per heavy atom. The first kappa shape index (κ1) is 20.8. The van der Waals surface area contributed by atoms with Crippen molar-refractivity contribution >= 4 is 56.9 Å². The van der Waals surface area contributed by atoms with Crippen molar-refractivity contribution in [1.82, 2.24) is 9.78 Å². The van der Waals surface area contributed by atoms with Gasteiger partial charge in [0.15, 0.2) is 5.11 Å². The summed E-state index contributed by atoms with van der Waals surface area (Å²) in [5.41, 5.74) is 3.63. The molecule has 0 saturated carbocycles. The molecule has 3 aromatic rings. The molecule has 1 aromatic carbocycles. The fourth-order valence-electron chi connectivity index (χ4n) is 3.60. The van der Waals surface area contributed by atoms with Gasteiger partial charge in [-0.15, -0.1) is 11.3 Å². The Morgan fingerprint density at radius 2 is 2.17 bits per heavy atom. The monoisotopic (exact) mass is 460 g/mol. The molecular formula is C21H21ClN4O2S2. The number of halogens is 1. The number of aryl methyl sites for hydroxylation is 1. The molecule has 1 aliphatic rings. The molecule has 2 N–H and O–H groups in total. The maximum absolute atomic E-state index is 12.4. The Kier molecular flexibility index (Phi) is 6.36. The molecule has 0 aliphatic heterocycles. The van der Waals surface area contributed by atoms with Crippen molar-refractivity contribution in [2.75, 3.05) is 17.7 Å². The molecule has 2 heterocycles. The SMILES string of the molecule is COC(=O)c1c(NC(=S)Nc2cccc(Cn3cc(Cl)cn3)c2)sc2c1CCCC2. The molecule has 0 spiro atoms. The van der Waals surface area contributed by atoms with Crippen LogP contribution in [0.5, 0.6) is 0 Å². The fourth-order valence-corrected chi connectivity index (χ4v) is 5.32. The number of anilines is 2. The highest BCUT2D eigenvalue weighted by atomic mass is 35.5. The van der Waals surface area contributed by atoms with Crippen LogP contribution < -0.4 is 10.6 Å². The van der Waals surface area contributed by atoms with Gasteiger partial charge < -0.3 is 15.4 Å². The number of thiophene rings is 1. The van der Waals surface area contributed by atoms with Gasteiger partial charge >= 0.3 is 5.97 Å². The number of ether oxygens (including phenoxy) is 1. The normalized spacial score (nSPS) is 12.9. The third-order valence-corrected chi connectivity index (χ3v) is 6.53. The first-order chi connectivity index (χ1) is 14.5. The molecule has 0 saturated heterocycles. The number of thiocarbonyl (C=S) groups is 1. The second-order valence-corrected chi connectivity index (χ2v) is 8.99. The Balaban J connectivity index is 1.48. The summed E-state index contributed by atoms with van der Waals surface area (Å²) in [5.74, 6) is -0.320. The van der Waals surface area contributed by atoms with Crippen LogP contribution in [0.1, 0.15) is 39.2 Å². The van der Waals surface area contributed by atoms with E-state index in [9.17, 15) is 4.79 Å². The first-order valence-electron chi connectivity index (χ1n) is 9.61. The van der Waals surface area contributed by atoms with Crippen molar-refractivity contribution in [3.05, 3.63) is 63.2 Å². The summed E-state index contributed by atoms with van der Waals surface area (Å²) in [6, 6.07) is 7.91. The molecule has 2 aromatic heterocycles. The standard InChI is InChI=1S/C21H21ClN4O2S2/c1-28-20(27)18-16-7-2-3-8-17(16)30-19(18)25-21(29)24-15-6-4-5-13(9-15)11-26-12-14(22)10-23-26/h4-6,9-10,12H,2-3,7-8,11H2,1H3,(H2,24,25,29). The van der Waals surface area contributed by atoms with Crippen LogP contribution in [0.4, 0.5) is 10.7 Å². The van der Waals surface area contributed by atoms with E-state index in [2.05, 4.69) is 15.7 Å². The Morgan fingerprint density at radius 3 is 2.93 bits per heavy atom. The molecule has 0 fully saturated rings. The summed E-state index contributed by atoms with van der Waals surface area (Å²) in [4.78, 5) is 13.6. The average Bonchev–Trinajstić information content (AvgIpc) is 3.30. The van der Waals surface area contributed by atoms with Gasteiger partial charge in [0, 0.05) is 16.8 Å². The summed E-state index contributed by atoms with van der Waals surface area (Å²) in [6.45, 7) is 0.604. The molecule has 9 heteroatoms. The van der Waals surface area contributed by atoms with Crippen LogP contribution in [0.2, 0.25) is 5.02 Å². The third-order valence-electron chi connectivity index (χ3n) is 4.92.